The van der Waals surface area contributed by atoms with E-state index in [1.165, 1.54) is 0 Å². The van der Waals surface area contributed by atoms with Crippen LogP contribution in [-0.2, 0) is 12.0 Å². The predicted octanol–water partition coefficient (Wildman–Crippen LogP) is 0.626. The van der Waals surface area contributed by atoms with E-state index >= 15 is 0 Å². The molecule has 4 N–H and O–H groups in total. The number of aromatic nitrogens is 2. The van der Waals surface area contributed by atoms with Gasteiger partial charge in [0.2, 0.25) is 0 Å². The second kappa shape index (κ2) is 3.07. The zero-order valence-corrected chi connectivity index (χ0v) is 8.67. The summed E-state index contributed by atoms with van der Waals surface area (Å²) >= 11 is 0. The predicted molar refractivity (Wildman–Crippen MR) is 53.9 cm³/mol. The van der Waals surface area contributed by atoms with E-state index in [0.717, 1.165) is 23.4 Å². The van der Waals surface area contributed by atoms with Crippen LogP contribution in [0.2, 0.25) is 0 Å². The third-order valence-corrected chi connectivity index (χ3v) is 3.01. The van der Waals surface area contributed by atoms with Crippen LogP contribution in [0.4, 0.5) is 0 Å². The van der Waals surface area contributed by atoms with Gasteiger partial charge < -0.3 is 10.8 Å². The Balaban J connectivity index is 2.50. The number of rotatable bonds is 2. The molecule has 0 aliphatic heterocycles. The van der Waals surface area contributed by atoms with Crippen molar-refractivity contribution in [1.82, 2.24) is 10.2 Å². The van der Waals surface area contributed by atoms with Gasteiger partial charge in [0.25, 0.3) is 0 Å². The Hall–Kier alpha value is -0.870. The Morgan fingerprint density at radius 3 is 2.93 bits per heavy atom. The monoisotopic (exact) mass is 195 g/mol. The summed E-state index contributed by atoms with van der Waals surface area (Å²) in [5.41, 5.74) is 7.75. The van der Waals surface area contributed by atoms with Crippen molar-refractivity contribution in [3.63, 3.8) is 0 Å². The molecule has 0 aromatic carbocycles. The van der Waals surface area contributed by atoms with Gasteiger partial charge in [-0.05, 0) is 18.8 Å². The minimum absolute atomic E-state index is 0.277. The average Bonchev–Trinajstić information content (AvgIpc) is 2.68. The quantitative estimate of drug-likeness (QED) is 0.647. The van der Waals surface area contributed by atoms with Gasteiger partial charge in [-0.2, -0.15) is 5.10 Å². The van der Waals surface area contributed by atoms with E-state index in [-0.39, 0.29) is 6.54 Å². The van der Waals surface area contributed by atoms with Crippen LogP contribution in [0.5, 0.6) is 0 Å². The number of nitrogens with two attached hydrogens (primary N) is 1. The number of hydrogen-bond acceptors (Lipinski definition) is 3. The lowest BCUT2D eigenvalue weighted by atomic mass is 9.92. The molecule has 1 atom stereocenters. The van der Waals surface area contributed by atoms with Crippen LogP contribution in [0.15, 0.2) is 0 Å². The van der Waals surface area contributed by atoms with Crippen molar-refractivity contribution in [2.45, 2.75) is 38.2 Å². The number of H-pyrrole nitrogens is 1. The minimum atomic E-state index is -0.845. The average molecular weight is 195 g/mol. The Kier molecular flexibility index (Phi) is 2.12. The lowest BCUT2D eigenvalue weighted by molar-refractivity contribution is 0.0468. The number of fused-ring (bicyclic) bond motifs is 1. The summed E-state index contributed by atoms with van der Waals surface area (Å²) in [6, 6.07) is 0. The van der Waals surface area contributed by atoms with Crippen LogP contribution in [0.3, 0.4) is 0 Å². The zero-order valence-electron chi connectivity index (χ0n) is 8.67. The molecule has 2 rings (SSSR count). The van der Waals surface area contributed by atoms with Crippen LogP contribution in [0.1, 0.15) is 43.1 Å². The number of aliphatic hydroxyl groups is 1. The van der Waals surface area contributed by atoms with Gasteiger partial charge in [0, 0.05) is 17.8 Å². The number of aromatic amines is 1. The van der Waals surface area contributed by atoms with E-state index in [1.54, 1.807) is 0 Å². The maximum atomic E-state index is 10.3. The second-order valence-corrected chi connectivity index (χ2v) is 4.35. The molecule has 0 amide bonds. The highest BCUT2D eigenvalue weighted by atomic mass is 16.3. The van der Waals surface area contributed by atoms with Crippen molar-refractivity contribution >= 4 is 0 Å². The summed E-state index contributed by atoms with van der Waals surface area (Å²) in [6.07, 6.45) is 1.57. The molecule has 1 aromatic heterocycles. The summed E-state index contributed by atoms with van der Waals surface area (Å²) in [5.74, 6) is 0.325. The van der Waals surface area contributed by atoms with Crippen LogP contribution in [-0.4, -0.2) is 21.8 Å². The topological polar surface area (TPSA) is 74.9 Å². The van der Waals surface area contributed by atoms with Crippen molar-refractivity contribution < 1.29 is 5.11 Å². The highest BCUT2D eigenvalue weighted by Crippen LogP contribution is 2.39. The van der Waals surface area contributed by atoms with Crippen molar-refractivity contribution in [3.05, 3.63) is 17.0 Å². The molecular weight excluding hydrogens is 178 g/mol. The maximum Gasteiger partial charge on any atom is 0.106 e. The first kappa shape index (κ1) is 9.68. The Labute approximate surface area is 83.5 Å². The van der Waals surface area contributed by atoms with Gasteiger partial charge in [-0.1, -0.05) is 13.8 Å². The lowest BCUT2D eigenvalue weighted by Crippen LogP contribution is -2.33. The minimum Gasteiger partial charge on any atom is -0.384 e. The molecule has 0 spiro atoms. The molecule has 14 heavy (non-hydrogen) atoms. The molecule has 1 aliphatic rings. The standard InChI is InChI=1S/C10H17N3O/c1-6(2)9-8-7(12-13-9)3-4-10(8,14)5-11/h6,14H,3-5,11H2,1-2H3,(H,12,13). The largest absolute Gasteiger partial charge is 0.384 e. The SMILES string of the molecule is CC(C)c1n[nH]c2c1C(O)(CN)CC2. The molecule has 1 heterocycles. The fraction of sp³-hybridized carbons (Fsp3) is 0.700. The zero-order chi connectivity index (χ0) is 10.3. The van der Waals surface area contributed by atoms with Crippen LogP contribution >= 0.6 is 0 Å². The smallest absolute Gasteiger partial charge is 0.106 e. The normalized spacial score (nSPS) is 25.8. The molecule has 0 bridgehead atoms. The number of hydrogen-bond donors (Lipinski definition) is 3. The summed E-state index contributed by atoms with van der Waals surface area (Å²) < 4.78 is 0. The van der Waals surface area contributed by atoms with E-state index in [2.05, 4.69) is 24.0 Å². The van der Waals surface area contributed by atoms with Crippen LogP contribution in [0.25, 0.3) is 0 Å². The summed E-state index contributed by atoms with van der Waals surface area (Å²) in [6.45, 7) is 4.43. The highest BCUT2D eigenvalue weighted by Gasteiger charge is 2.40. The van der Waals surface area contributed by atoms with Crippen LogP contribution < -0.4 is 5.73 Å². The van der Waals surface area contributed by atoms with E-state index in [0.29, 0.717) is 12.3 Å². The highest BCUT2D eigenvalue weighted by molar-refractivity contribution is 5.38. The van der Waals surface area contributed by atoms with E-state index in [4.69, 9.17) is 5.73 Å². The summed E-state index contributed by atoms with van der Waals surface area (Å²) in [4.78, 5) is 0. The number of aryl methyl sites for hydroxylation is 1. The Morgan fingerprint density at radius 1 is 1.64 bits per heavy atom. The molecule has 0 saturated heterocycles. The lowest BCUT2D eigenvalue weighted by Gasteiger charge is -2.22. The number of nitrogens with one attached hydrogen (secondary N) is 1. The van der Waals surface area contributed by atoms with Gasteiger partial charge in [-0.15, -0.1) is 0 Å². The summed E-state index contributed by atoms with van der Waals surface area (Å²) in [7, 11) is 0. The Bertz CT molecular complexity index is 345. The van der Waals surface area contributed by atoms with Crippen molar-refractivity contribution in [1.29, 1.82) is 0 Å². The van der Waals surface area contributed by atoms with Gasteiger partial charge >= 0.3 is 0 Å². The molecule has 0 fully saturated rings. The van der Waals surface area contributed by atoms with Crippen molar-refractivity contribution in [2.24, 2.45) is 5.73 Å². The van der Waals surface area contributed by atoms with Gasteiger partial charge in [0.05, 0.1) is 5.69 Å². The molecule has 1 aromatic rings. The third kappa shape index (κ3) is 1.18. The first-order valence-corrected chi connectivity index (χ1v) is 5.08. The maximum absolute atomic E-state index is 10.3. The van der Waals surface area contributed by atoms with Gasteiger partial charge in [-0.25, -0.2) is 0 Å². The van der Waals surface area contributed by atoms with Crippen molar-refractivity contribution in [3.8, 4) is 0 Å². The van der Waals surface area contributed by atoms with Crippen LogP contribution in [0, 0.1) is 0 Å². The molecule has 1 aliphatic carbocycles. The molecular formula is C10H17N3O. The fourth-order valence-electron chi connectivity index (χ4n) is 2.17. The fourth-order valence-corrected chi connectivity index (χ4v) is 2.17. The van der Waals surface area contributed by atoms with Gasteiger partial charge in [0.1, 0.15) is 5.60 Å². The van der Waals surface area contributed by atoms with E-state index < -0.39 is 5.60 Å². The van der Waals surface area contributed by atoms with Gasteiger partial charge in [0.15, 0.2) is 0 Å². The summed E-state index contributed by atoms with van der Waals surface area (Å²) in [5, 5.41) is 17.5. The molecule has 4 heteroatoms. The molecule has 0 radical (unpaired) electrons. The Morgan fingerprint density at radius 2 is 2.36 bits per heavy atom. The van der Waals surface area contributed by atoms with Gasteiger partial charge in [-0.3, -0.25) is 5.10 Å². The first-order valence-electron chi connectivity index (χ1n) is 5.08. The van der Waals surface area contributed by atoms with E-state index in [9.17, 15) is 5.11 Å². The van der Waals surface area contributed by atoms with E-state index in [1.807, 2.05) is 0 Å². The molecule has 4 nitrogen and oxygen atoms in total. The molecule has 1 unspecified atom stereocenters. The second-order valence-electron chi connectivity index (χ2n) is 4.35. The first-order chi connectivity index (χ1) is 6.58. The van der Waals surface area contributed by atoms with Crippen molar-refractivity contribution in [2.75, 3.05) is 6.54 Å². The molecule has 78 valence electrons. The molecule has 0 saturated carbocycles. The third-order valence-electron chi connectivity index (χ3n) is 3.01. The number of nitrogens with zero attached hydrogens (tertiary/aromatic N) is 1.